The lowest BCUT2D eigenvalue weighted by molar-refractivity contribution is -0.174. The molecule has 0 aliphatic heterocycles. The van der Waals surface area contributed by atoms with Gasteiger partial charge in [-0.3, -0.25) is 4.68 Å². The lowest BCUT2D eigenvalue weighted by Crippen LogP contribution is -2.26. The van der Waals surface area contributed by atoms with E-state index in [0.717, 1.165) is 12.1 Å². The fraction of sp³-hybridized carbons (Fsp3) is 0.727. The average molecular weight is 265 g/mol. The monoisotopic (exact) mass is 265 g/mol. The van der Waals surface area contributed by atoms with Crippen molar-refractivity contribution < 1.29 is 17.9 Å². The average Bonchev–Trinajstić information content (AvgIpc) is 2.71. The van der Waals surface area contributed by atoms with Crippen molar-refractivity contribution in [2.45, 2.75) is 38.5 Å². The van der Waals surface area contributed by atoms with Gasteiger partial charge in [0, 0.05) is 25.4 Å². The Morgan fingerprint density at radius 2 is 2.22 bits per heavy atom. The Kier molecular flexibility index (Phi) is 5.61. The number of hydrogen-bond donors (Lipinski definition) is 1. The first-order valence-electron chi connectivity index (χ1n) is 5.82. The van der Waals surface area contributed by atoms with E-state index >= 15 is 0 Å². The van der Waals surface area contributed by atoms with Crippen molar-refractivity contribution in [2.24, 2.45) is 5.73 Å². The number of ether oxygens (including phenoxy) is 1. The molecule has 0 aromatic carbocycles. The SMILES string of the molecule is CCn1cc(CC(N)CCOCC(F)(F)F)cn1. The van der Waals surface area contributed by atoms with E-state index < -0.39 is 12.8 Å². The van der Waals surface area contributed by atoms with E-state index in [9.17, 15) is 13.2 Å². The zero-order valence-electron chi connectivity index (χ0n) is 10.3. The number of alkyl halides is 3. The Balaban J connectivity index is 2.19. The van der Waals surface area contributed by atoms with Crippen LogP contribution in [-0.2, 0) is 17.7 Å². The highest BCUT2D eigenvalue weighted by Gasteiger charge is 2.27. The first-order chi connectivity index (χ1) is 8.40. The van der Waals surface area contributed by atoms with E-state index in [1.165, 1.54) is 0 Å². The van der Waals surface area contributed by atoms with Crippen LogP contribution in [0.5, 0.6) is 0 Å². The Hall–Kier alpha value is -1.08. The van der Waals surface area contributed by atoms with E-state index in [-0.39, 0.29) is 12.6 Å². The van der Waals surface area contributed by atoms with E-state index in [2.05, 4.69) is 9.84 Å². The van der Waals surface area contributed by atoms with Gasteiger partial charge in [-0.1, -0.05) is 0 Å². The molecule has 1 rings (SSSR count). The van der Waals surface area contributed by atoms with Gasteiger partial charge >= 0.3 is 6.18 Å². The van der Waals surface area contributed by atoms with E-state index in [0.29, 0.717) is 12.8 Å². The largest absolute Gasteiger partial charge is 0.411 e. The number of aryl methyl sites for hydroxylation is 1. The van der Waals surface area contributed by atoms with E-state index in [1.807, 2.05) is 13.1 Å². The van der Waals surface area contributed by atoms with Crippen LogP contribution >= 0.6 is 0 Å². The van der Waals surface area contributed by atoms with Gasteiger partial charge in [-0.05, 0) is 25.3 Å². The van der Waals surface area contributed by atoms with Crippen molar-refractivity contribution in [3.8, 4) is 0 Å². The van der Waals surface area contributed by atoms with Crippen LogP contribution < -0.4 is 5.73 Å². The maximum Gasteiger partial charge on any atom is 0.411 e. The molecule has 0 aliphatic carbocycles. The van der Waals surface area contributed by atoms with Crippen LogP contribution in [0.2, 0.25) is 0 Å². The lowest BCUT2D eigenvalue weighted by atomic mass is 10.1. The summed E-state index contributed by atoms with van der Waals surface area (Å²) < 4.78 is 41.7. The van der Waals surface area contributed by atoms with Gasteiger partial charge in [-0.2, -0.15) is 18.3 Å². The molecule has 0 fully saturated rings. The minimum atomic E-state index is -4.27. The van der Waals surface area contributed by atoms with E-state index in [4.69, 9.17) is 5.73 Å². The molecule has 0 bridgehead atoms. The highest BCUT2D eigenvalue weighted by molar-refractivity contribution is 5.05. The summed E-state index contributed by atoms with van der Waals surface area (Å²) in [5.74, 6) is 0. The molecule has 0 aliphatic rings. The molecule has 0 radical (unpaired) electrons. The standard InChI is InChI=1S/C11H18F3N3O/c1-2-17-7-9(6-16-17)5-10(15)3-4-18-8-11(12,13)14/h6-7,10H,2-5,8,15H2,1H3. The smallest absolute Gasteiger partial charge is 0.372 e. The zero-order valence-corrected chi connectivity index (χ0v) is 10.3. The highest BCUT2D eigenvalue weighted by atomic mass is 19.4. The quantitative estimate of drug-likeness (QED) is 0.764. The van der Waals surface area contributed by atoms with Gasteiger partial charge in [0.1, 0.15) is 6.61 Å². The number of aromatic nitrogens is 2. The molecule has 0 spiro atoms. The fourth-order valence-electron chi connectivity index (χ4n) is 1.51. The van der Waals surface area contributed by atoms with Crippen LogP contribution in [0.3, 0.4) is 0 Å². The molecule has 2 N–H and O–H groups in total. The van der Waals surface area contributed by atoms with Crippen molar-refractivity contribution in [2.75, 3.05) is 13.2 Å². The van der Waals surface area contributed by atoms with Gasteiger partial charge < -0.3 is 10.5 Å². The number of hydrogen-bond acceptors (Lipinski definition) is 3. The van der Waals surface area contributed by atoms with Gasteiger partial charge in [-0.25, -0.2) is 0 Å². The normalized spacial score (nSPS) is 13.8. The van der Waals surface area contributed by atoms with Crippen LogP contribution in [0.15, 0.2) is 12.4 Å². The first kappa shape index (κ1) is 15.0. The Morgan fingerprint density at radius 1 is 1.50 bits per heavy atom. The second-order valence-electron chi connectivity index (χ2n) is 4.12. The number of nitrogens with zero attached hydrogens (tertiary/aromatic N) is 2. The Bertz CT molecular complexity index is 352. The van der Waals surface area contributed by atoms with Crippen molar-refractivity contribution >= 4 is 0 Å². The summed E-state index contributed by atoms with van der Waals surface area (Å²) in [6.45, 7) is 1.56. The van der Waals surface area contributed by atoms with Gasteiger partial charge in [-0.15, -0.1) is 0 Å². The van der Waals surface area contributed by atoms with Crippen LogP contribution in [-0.4, -0.2) is 35.2 Å². The molecule has 18 heavy (non-hydrogen) atoms. The van der Waals surface area contributed by atoms with Gasteiger partial charge in [0.15, 0.2) is 0 Å². The minimum absolute atomic E-state index is 0.0165. The molecule has 0 saturated carbocycles. The molecule has 1 heterocycles. The third-order valence-electron chi connectivity index (χ3n) is 2.41. The van der Waals surface area contributed by atoms with Gasteiger partial charge in [0.2, 0.25) is 0 Å². The predicted octanol–water partition coefficient (Wildman–Crippen LogP) is 1.74. The molecule has 1 atom stereocenters. The summed E-state index contributed by atoms with van der Waals surface area (Å²) in [5.41, 5.74) is 6.79. The molecule has 0 amide bonds. The third kappa shape index (κ3) is 6.02. The van der Waals surface area contributed by atoms with Crippen LogP contribution in [0.1, 0.15) is 18.9 Å². The molecule has 7 heteroatoms. The van der Waals surface area contributed by atoms with E-state index in [1.54, 1.807) is 10.9 Å². The van der Waals surface area contributed by atoms with Crippen molar-refractivity contribution in [1.29, 1.82) is 0 Å². The molecule has 104 valence electrons. The second-order valence-corrected chi connectivity index (χ2v) is 4.12. The fourth-order valence-corrected chi connectivity index (χ4v) is 1.51. The summed E-state index contributed by atoms with van der Waals surface area (Å²) in [5, 5.41) is 4.10. The van der Waals surface area contributed by atoms with Crippen molar-refractivity contribution in [3.63, 3.8) is 0 Å². The molecule has 1 aromatic heterocycles. The number of halogens is 3. The maximum absolute atomic E-state index is 11.8. The summed E-state index contributed by atoms with van der Waals surface area (Å²) in [7, 11) is 0. The molecular weight excluding hydrogens is 247 g/mol. The van der Waals surface area contributed by atoms with Gasteiger partial charge in [0.05, 0.1) is 6.20 Å². The van der Waals surface area contributed by atoms with Crippen LogP contribution in [0, 0.1) is 0 Å². The summed E-state index contributed by atoms with van der Waals surface area (Å²) in [6.07, 6.45) is 0.325. The Morgan fingerprint density at radius 3 is 2.78 bits per heavy atom. The second kappa shape index (κ2) is 6.75. The number of rotatable bonds is 7. The minimum Gasteiger partial charge on any atom is -0.372 e. The molecule has 0 saturated heterocycles. The zero-order chi connectivity index (χ0) is 13.6. The van der Waals surface area contributed by atoms with Crippen molar-refractivity contribution in [1.82, 2.24) is 9.78 Å². The van der Waals surface area contributed by atoms with Crippen LogP contribution in [0.25, 0.3) is 0 Å². The first-order valence-corrected chi connectivity index (χ1v) is 5.82. The number of nitrogens with two attached hydrogens (primary N) is 1. The molecule has 4 nitrogen and oxygen atoms in total. The molecule has 1 unspecified atom stereocenters. The summed E-state index contributed by atoms with van der Waals surface area (Å²) in [6, 6.07) is -0.215. The molecular formula is C11H18F3N3O. The molecule has 1 aromatic rings. The third-order valence-corrected chi connectivity index (χ3v) is 2.41. The maximum atomic E-state index is 11.8. The highest BCUT2D eigenvalue weighted by Crippen LogP contribution is 2.14. The summed E-state index contributed by atoms with van der Waals surface area (Å²) in [4.78, 5) is 0. The van der Waals surface area contributed by atoms with Crippen LogP contribution in [0.4, 0.5) is 13.2 Å². The summed E-state index contributed by atoms with van der Waals surface area (Å²) >= 11 is 0. The van der Waals surface area contributed by atoms with Crippen molar-refractivity contribution in [3.05, 3.63) is 18.0 Å². The van der Waals surface area contributed by atoms with Gasteiger partial charge in [0.25, 0.3) is 0 Å². The Labute approximate surface area is 104 Å². The lowest BCUT2D eigenvalue weighted by Gasteiger charge is -2.11. The predicted molar refractivity (Wildman–Crippen MR) is 61.1 cm³/mol. The topological polar surface area (TPSA) is 53.1 Å².